The molecule has 0 bridgehead atoms. The highest BCUT2D eigenvalue weighted by Gasteiger charge is 2.57. The zero-order valence-electron chi connectivity index (χ0n) is 13.9. The molecule has 0 radical (unpaired) electrons. The fourth-order valence-corrected chi connectivity index (χ4v) is 3.53. The Bertz CT molecular complexity index is 589. The van der Waals surface area contributed by atoms with Gasteiger partial charge in [0.2, 0.25) is 5.91 Å². The normalized spacial score (nSPS) is 21.7. The van der Waals surface area contributed by atoms with Crippen LogP contribution in [-0.4, -0.2) is 43.9 Å². The van der Waals surface area contributed by atoms with Crippen LogP contribution >= 0.6 is 0 Å². The molecule has 124 valence electrons. The van der Waals surface area contributed by atoms with Crippen LogP contribution in [0.15, 0.2) is 24.3 Å². The summed E-state index contributed by atoms with van der Waals surface area (Å²) < 4.78 is 0. The molecule has 2 N–H and O–H groups in total. The first kappa shape index (κ1) is 16.0. The molecule has 1 spiro atoms. The van der Waals surface area contributed by atoms with Crippen LogP contribution in [0.2, 0.25) is 0 Å². The van der Waals surface area contributed by atoms with Crippen molar-refractivity contribution in [2.45, 2.75) is 25.8 Å². The Morgan fingerprint density at radius 3 is 2.48 bits per heavy atom. The molecule has 1 heterocycles. The van der Waals surface area contributed by atoms with Gasteiger partial charge in [0.05, 0.1) is 0 Å². The minimum atomic E-state index is -0.00795. The van der Waals surface area contributed by atoms with Crippen LogP contribution in [0.3, 0.4) is 0 Å². The predicted molar refractivity (Wildman–Crippen MR) is 88.9 cm³/mol. The predicted octanol–water partition coefficient (Wildman–Crippen LogP) is 1.39. The summed E-state index contributed by atoms with van der Waals surface area (Å²) in [6.45, 7) is 2.59. The maximum atomic E-state index is 12.3. The van der Waals surface area contributed by atoms with Gasteiger partial charge in [-0.1, -0.05) is 12.1 Å². The summed E-state index contributed by atoms with van der Waals surface area (Å²) in [5.41, 5.74) is 1.96. The van der Waals surface area contributed by atoms with Crippen LogP contribution in [0.1, 0.15) is 35.2 Å². The van der Waals surface area contributed by atoms with Crippen LogP contribution in [0.25, 0.3) is 0 Å². The number of benzene rings is 1. The molecule has 1 saturated carbocycles. The molecule has 1 saturated heterocycles. The second-order valence-corrected chi connectivity index (χ2v) is 6.98. The topological polar surface area (TPSA) is 61.4 Å². The molecule has 2 aliphatic rings. The first-order chi connectivity index (χ1) is 11.0. The molecule has 1 aromatic rings. The van der Waals surface area contributed by atoms with Gasteiger partial charge in [0.1, 0.15) is 0 Å². The van der Waals surface area contributed by atoms with Crippen molar-refractivity contribution in [2.75, 3.05) is 27.2 Å². The summed E-state index contributed by atoms with van der Waals surface area (Å²) in [5, 5.41) is 6.41. The highest BCUT2D eigenvalue weighted by atomic mass is 16.2. The standard InChI is InChI=1S/C18H25N3O2/c1-21(2)17(23)14-5-3-13(4-6-14)12-20-16(22)15-11-18(15)7-9-19-10-8-18/h3-6,15,19H,7-12H2,1-2H3,(H,20,22). The summed E-state index contributed by atoms with van der Waals surface area (Å²) in [7, 11) is 3.48. The number of rotatable bonds is 4. The molecule has 5 nitrogen and oxygen atoms in total. The average molecular weight is 315 g/mol. The van der Waals surface area contributed by atoms with Crippen LogP contribution in [-0.2, 0) is 11.3 Å². The third-order valence-corrected chi connectivity index (χ3v) is 5.18. The highest BCUT2D eigenvalue weighted by Crippen LogP contribution is 2.58. The monoisotopic (exact) mass is 315 g/mol. The summed E-state index contributed by atoms with van der Waals surface area (Å²) >= 11 is 0. The maximum absolute atomic E-state index is 12.3. The summed E-state index contributed by atoms with van der Waals surface area (Å²) in [6.07, 6.45) is 3.27. The van der Waals surface area contributed by atoms with Crippen molar-refractivity contribution in [3.63, 3.8) is 0 Å². The number of amides is 2. The lowest BCUT2D eigenvalue weighted by Crippen LogP contribution is -2.33. The van der Waals surface area contributed by atoms with Gasteiger partial charge in [0, 0.05) is 32.1 Å². The van der Waals surface area contributed by atoms with E-state index in [2.05, 4.69) is 10.6 Å². The van der Waals surface area contributed by atoms with Crippen molar-refractivity contribution in [2.24, 2.45) is 11.3 Å². The average Bonchev–Trinajstić information content (AvgIpc) is 3.26. The fourth-order valence-electron chi connectivity index (χ4n) is 3.53. The summed E-state index contributed by atoms with van der Waals surface area (Å²) in [5.74, 6) is 0.367. The number of hydrogen-bond acceptors (Lipinski definition) is 3. The maximum Gasteiger partial charge on any atom is 0.253 e. The Kier molecular flexibility index (Phi) is 4.39. The number of nitrogens with one attached hydrogen (secondary N) is 2. The smallest absolute Gasteiger partial charge is 0.253 e. The second-order valence-electron chi connectivity index (χ2n) is 6.98. The Labute approximate surface area is 137 Å². The van der Waals surface area contributed by atoms with Gasteiger partial charge in [-0.25, -0.2) is 0 Å². The van der Waals surface area contributed by atoms with Crippen molar-refractivity contribution < 1.29 is 9.59 Å². The van der Waals surface area contributed by atoms with Gasteiger partial charge < -0.3 is 15.5 Å². The van der Waals surface area contributed by atoms with Gasteiger partial charge in [-0.2, -0.15) is 0 Å². The lowest BCUT2D eigenvalue weighted by molar-refractivity contribution is -0.123. The number of hydrogen-bond donors (Lipinski definition) is 2. The highest BCUT2D eigenvalue weighted by molar-refractivity contribution is 5.93. The number of carbonyl (C=O) groups excluding carboxylic acids is 2. The van der Waals surface area contributed by atoms with Gasteiger partial charge in [-0.3, -0.25) is 9.59 Å². The van der Waals surface area contributed by atoms with Gasteiger partial charge in [0.15, 0.2) is 0 Å². The Balaban J connectivity index is 1.51. The molecule has 0 aromatic heterocycles. The molecule has 1 aliphatic carbocycles. The quantitative estimate of drug-likeness (QED) is 0.883. The summed E-state index contributed by atoms with van der Waals surface area (Å²) in [4.78, 5) is 25.7. The third kappa shape index (κ3) is 3.39. The van der Waals surface area contributed by atoms with Crippen LogP contribution in [0, 0.1) is 11.3 Å². The largest absolute Gasteiger partial charge is 0.352 e. The Hall–Kier alpha value is -1.88. The molecule has 2 fully saturated rings. The SMILES string of the molecule is CN(C)C(=O)c1ccc(CNC(=O)C2CC23CCNCC3)cc1. The van der Waals surface area contributed by atoms with E-state index < -0.39 is 0 Å². The first-order valence-corrected chi connectivity index (χ1v) is 8.31. The fraction of sp³-hybridized carbons (Fsp3) is 0.556. The summed E-state index contributed by atoms with van der Waals surface area (Å²) in [6, 6.07) is 7.44. The second kappa shape index (κ2) is 6.32. The van der Waals surface area contributed by atoms with Crippen molar-refractivity contribution in [3.05, 3.63) is 35.4 Å². The van der Waals surface area contributed by atoms with Crippen molar-refractivity contribution in [1.82, 2.24) is 15.5 Å². The molecule has 1 unspecified atom stereocenters. The molecule has 1 atom stereocenters. The van der Waals surface area contributed by atoms with E-state index >= 15 is 0 Å². The zero-order chi connectivity index (χ0) is 16.4. The van der Waals surface area contributed by atoms with E-state index in [1.807, 2.05) is 24.3 Å². The van der Waals surface area contributed by atoms with Gasteiger partial charge in [0.25, 0.3) is 5.91 Å². The van der Waals surface area contributed by atoms with E-state index in [-0.39, 0.29) is 23.1 Å². The molecule has 23 heavy (non-hydrogen) atoms. The van der Waals surface area contributed by atoms with Crippen molar-refractivity contribution in [1.29, 1.82) is 0 Å². The van der Waals surface area contributed by atoms with E-state index in [4.69, 9.17) is 0 Å². The van der Waals surface area contributed by atoms with E-state index in [1.54, 1.807) is 19.0 Å². The van der Waals surface area contributed by atoms with Gasteiger partial charge >= 0.3 is 0 Å². The molecule has 3 rings (SSSR count). The molecule has 1 aliphatic heterocycles. The number of carbonyl (C=O) groups is 2. The van der Waals surface area contributed by atoms with E-state index in [0.717, 1.165) is 37.9 Å². The third-order valence-electron chi connectivity index (χ3n) is 5.18. The van der Waals surface area contributed by atoms with Gasteiger partial charge in [-0.05, 0) is 55.5 Å². The molecule has 1 aromatic carbocycles. The molecular weight excluding hydrogens is 290 g/mol. The number of piperidine rings is 1. The van der Waals surface area contributed by atoms with E-state index in [9.17, 15) is 9.59 Å². The van der Waals surface area contributed by atoms with E-state index in [1.165, 1.54) is 0 Å². The van der Waals surface area contributed by atoms with E-state index in [0.29, 0.717) is 12.1 Å². The molecule has 5 heteroatoms. The van der Waals surface area contributed by atoms with Crippen molar-refractivity contribution >= 4 is 11.8 Å². The molecule has 2 amide bonds. The lowest BCUT2D eigenvalue weighted by atomic mass is 9.92. The minimum Gasteiger partial charge on any atom is -0.352 e. The lowest BCUT2D eigenvalue weighted by Gasteiger charge is -2.23. The molecular formula is C18H25N3O2. The minimum absolute atomic E-state index is 0.00795. The van der Waals surface area contributed by atoms with Crippen molar-refractivity contribution in [3.8, 4) is 0 Å². The zero-order valence-corrected chi connectivity index (χ0v) is 13.9. The van der Waals surface area contributed by atoms with Crippen LogP contribution < -0.4 is 10.6 Å². The van der Waals surface area contributed by atoms with Crippen LogP contribution in [0.5, 0.6) is 0 Å². The van der Waals surface area contributed by atoms with Gasteiger partial charge in [-0.15, -0.1) is 0 Å². The van der Waals surface area contributed by atoms with Crippen LogP contribution in [0.4, 0.5) is 0 Å². The first-order valence-electron chi connectivity index (χ1n) is 8.31. The number of nitrogens with zero attached hydrogens (tertiary/aromatic N) is 1. The Morgan fingerprint density at radius 1 is 1.22 bits per heavy atom. The Morgan fingerprint density at radius 2 is 1.87 bits per heavy atom.